The van der Waals surface area contributed by atoms with Crippen molar-refractivity contribution in [2.24, 2.45) is 0 Å². The van der Waals surface area contributed by atoms with Gasteiger partial charge in [0.05, 0.1) is 13.7 Å². The molecular weight excluding hydrogens is 370 g/mol. The maximum atomic E-state index is 5.92. The van der Waals surface area contributed by atoms with Crippen LogP contribution in [0.3, 0.4) is 0 Å². The number of ether oxygens (including phenoxy) is 2. The Morgan fingerprint density at radius 2 is 1.27 bits per heavy atom. The summed E-state index contributed by atoms with van der Waals surface area (Å²) in [5, 5.41) is 3.58. The van der Waals surface area contributed by atoms with Gasteiger partial charge in [-0.3, -0.25) is 0 Å². The molecule has 0 spiro atoms. The first-order valence-electron chi connectivity index (χ1n) is 12.8. The highest BCUT2D eigenvalue weighted by molar-refractivity contribution is 5.46. The zero-order chi connectivity index (χ0) is 21.7. The van der Waals surface area contributed by atoms with E-state index in [4.69, 9.17) is 9.47 Å². The molecule has 3 nitrogen and oxygen atoms in total. The molecule has 0 bridgehead atoms. The maximum absolute atomic E-state index is 5.92. The molecule has 0 unspecified atom stereocenters. The topological polar surface area (TPSA) is 30.5 Å². The Morgan fingerprint density at radius 3 is 1.80 bits per heavy atom. The summed E-state index contributed by atoms with van der Waals surface area (Å²) < 4.78 is 11.4. The van der Waals surface area contributed by atoms with Crippen molar-refractivity contribution < 1.29 is 9.47 Å². The lowest BCUT2D eigenvalue weighted by atomic mass is 10.0. The molecule has 1 aromatic carbocycles. The molecule has 174 valence electrons. The molecule has 0 atom stereocenters. The summed E-state index contributed by atoms with van der Waals surface area (Å²) in [5.74, 6) is 1.73. The highest BCUT2D eigenvalue weighted by atomic mass is 16.5. The second-order valence-electron chi connectivity index (χ2n) is 8.57. The van der Waals surface area contributed by atoms with Crippen LogP contribution in [-0.2, 0) is 6.54 Å². The average Bonchev–Trinajstić information content (AvgIpc) is 2.77. The summed E-state index contributed by atoms with van der Waals surface area (Å²) >= 11 is 0. The highest BCUT2D eigenvalue weighted by Crippen LogP contribution is 2.31. The van der Waals surface area contributed by atoms with Crippen LogP contribution in [0.25, 0.3) is 0 Å². The van der Waals surface area contributed by atoms with Gasteiger partial charge in [0, 0.05) is 12.1 Å². The minimum Gasteiger partial charge on any atom is -0.493 e. The lowest BCUT2D eigenvalue weighted by Crippen LogP contribution is -2.16. The number of hydrogen-bond donors (Lipinski definition) is 1. The van der Waals surface area contributed by atoms with Crippen LogP contribution in [0.15, 0.2) is 18.2 Å². The van der Waals surface area contributed by atoms with E-state index in [1.54, 1.807) is 7.11 Å². The third-order valence-corrected chi connectivity index (χ3v) is 5.75. The van der Waals surface area contributed by atoms with Gasteiger partial charge in [0.25, 0.3) is 0 Å². The number of nitrogens with one attached hydrogen (secondary N) is 1. The summed E-state index contributed by atoms with van der Waals surface area (Å²) in [4.78, 5) is 0. The van der Waals surface area contributed by atoms with Gasteiger partial charge in [-0.2, -0.15) is 0 Å². The maximum Gasteiger partial charge on any atom is 0.165 e. The van der Waals surface area contributed by atoms with Crippen LogP contribution >= 0.6 is 0 Å². The van der Waals surface area contributed by atoms with E-state index in [0.29, 0.717) is 0 Å². The summed E-state index contributed by atoms with van der Waals surface area (Å²) in [7, 11) is 1.71. The Kier molecular flexibility index (Phi) is 17.6. The zero-order valence-corrected chi connectivity index (χ0v) is 20.3. The highest BCUT2D eigenvalue weighted by Gasteiger charge is 2.09. The molecule has 0 aliphatic heterocycles. The minimum absolute atomic E-state index is 0.729. The van der Waals surface area contributed by atoms with E-state index in [9.17, 15) is 0 Å². The van der Waals surface area contributed by atoms with Crippen molar-refractivity contribution in [3.8, 4) is 11.5 Å². The third kappa shape index (κ3) is 13.2. The van der Waals surface area contributed by atoms with Crippen LogP contribution in [-0.4, -0.2) is 20.3 Å². The first-order chi connectivity index (χ1) is 14.8. The molecule has 1 aromatic rings. The van der Waals surface area contributed by atoms with Crippen molar-refractivity contribution in [3.05, 3.63) is 23.8 Å². The van der Waals surface area contributed by atoms with E-state index in [1.165, 1.54) is 95.5 Å². The van der Waals surface area contributed by atoms with Crippen LogP contribution in [0.1, 0.15) is 116 Å². The second-order valence-corrected chi connectivity index (χ2v) is 8.57. The molecule has 0 heterocycles. The lowest BCUT2D eigenvalue weighted by molar-refractivity contribution is 0.290. The van der Waals surface area contributed by atoms with Crippen molar-refractivity contribution in [3.63, 3.8) is 0 Å². The molecule has 0 amide bonds. The van der Waals surface area contributed by atoms with Crippen molar-refractivity contribution >= 4 is 0 Å². The largest absolute Gasteiger partial charge is 0.493 e. The first-order valence-corrected chi connectivity index (χ1v) is 12.8. The summed E-state index contributed by atoms with van der Waals surface area (Å²) in [6, 6.07) is 6.15. The van der Waals surface area contributed by atoms with E-state index in [0.717, 1.165) is 37.6 Å². The lowest BCUT2D eigenvalue weighted by Gasteiger charge is -2.15. The van der Waals surface area contributed by atoms with Crippen molar-refractivity contribution in [2.75, 3.05) is 20.3 Å². The number of para-hydroxylation sites is 1. The van der Waals surface area contributed by atoms with Crippen molar-refractivity contribution in [1.29, 1.82) is 0 Å². The van der Waals surface area contributed by atoms with Crippen LogP contribution < -0.4 is 14.8 Å². The van der Waals surface area contributed by atoms with Gasteiger partial charge in [0.2, 0.25) is 0 Å². The Balaban J connectivity index is 1.98. The fraction of sp³-hybridized carbons (Fsp3) is 0.778. The van der Waals surface area contributed by atoms with Crippen LogP contribution in [0.2, 0.25) is 0 Å². The number of methoxy groups -OCH3 is 1. The van der Waals surface area contributed by atoms with Crippen LogP contribution in [0.4, 0.5) is 0 Å². The van der Waals surface area contributed by atoms with E-state index < -0.39 is 0 Å². The monoisotopic (exact) mass is 419 g/mol. The van der Waals surface area contributed by atoms with Gasteiger partial charge in [-0.1, -0.05) is 109 Å². The number of benzene rings is 1. The molecule has 3 heteroatoms. The predicted molar refractivity (Wildman–Crippen MR) is 131 cm³/mol. The van der Waals surface area contributed by atoms with Gasteiger partial charge in [-0.05, 0) is 25.5 Å². The van der Waals surface area contributed by atoms with Gasteiger partial charge in [-0.15, -0.1) is 0 Å². The number of unbranched alkanes of at least 4 members (excludes halogenated alkanes) is 13. The molecule has 0 fully saturated rings. The average molecular weight is 420 g/mol. The van der Waals surface area contributed by atoms with Crippen LogP contribution in [0, 0.1) is 0 Å². The minimum atomic E-state index is 0.729. The van der Waals surface area contributed by atoms with E-state index >= 15 is 0 Å². The summed E-state index contributed by atoms with van der Waals surface area (Å²) in [6.45, 7) is 7.06. The van der Waals surface area contributed by atoms with Crippen molar-refractivity contribution in [1.82, 2.24) is 5.32 Å². The molecular formula is C27H49NO2. The molecule has 0 aliphatic rings. The second kappa shape index (κ2) is 19.7. The Hall–Kier alpha value is -1.22. The van der Waals surface area contributed by atoms with Crippen LogP contribution in [0.5, 0.6) is 11.5 Å². The molecule has 0 saturated carbocycles. The van der Waals surface area contributed by atoms with Gasteiger partial charge < -0.3 is 14.8 Å². The number of rotatable bonds is 21. The number of hydrogen-bond acceptors (Lipinski definition) is 3. The fourth-order valence-corrected chi connectivity index (χ4v) is 3.90. The molecule has 0 radical (unpaired) electrons. The van der Waals surface area contributed by atoms with E-state index in [1.807, 2.05) is 12.1 Å². The summed E-state index contributed by atoms with van der Waals surface area (Å²) in [6.07, 6.45) is 20.7. The summed E-state index contributed by atoms with van der Waals surface area (Å²) in [5.41, 5.74) is 1.19. The smallest absolute Gasteiger partial charge is 0.165 e. The first kappa shape index (κ1) is 26.8. The molecule has 0 saturated heterocycles. The Morgan fingerprint density at radius 1 is 0.700 bits per heavy atom. The third-order valence-electron chi connectivity index (χ3n) is 5.75. The van der Waals surface area contributed by atoms with E-state index in [-0.39, 0.29) is 0 Å². The van der Waals surface area contributed by atoms with Gasteiger partial charge in [0.15, 0.2) is 11.5 Å². The predicted octanol–water partition coefficient (Wildman–Crippen LogP) is 8.05. The van der Waals surface area contributed by atoms with E-state index in [2.05, 4.69) is 25.2 Å². The Labute approximate surface area is 187 Å². The molecule has 30 heavy (non-hydrogen) atoms. The molecule has 0 aromatic heterocycles. The van der Waals surface area contributed by atoms with Crippen molar-refractivity contribution in [2.45, 2.75) is 117 Å². The fourth-order valence-electron chi connectivity index (χ4n) is 3.90. The normalized spacial score (nSPS) is 11.0. The molecule has 0 aliphatic carbocycles. The molecule has 1 rings (SSSR count). The Bertz CT molecular complexity index is 504. The standard InChI is InChI=1S/C27H49NO2/c1-4-6-7-8-9-10-11-12-13-14-15-16-17-18-22-28-24-25-20-19-21-26(29-3)27(25)30-23-5-2/h19-21,28H,4-18,22-24H2,1-3H3. The van der Waals surface area contributed by atoms with Gasteiger partial charge >= 0.3 is 0 Å². The van der Waals surface area contributed by atoms with Gasteiger partial charge in [-0.25, -0.2) is 0 Å². The van der Waals surface area contributed by atoms with Gasteiger partial charge in [0.1, 0.15) is 0 Å². The molecule has 1 N–H and O–H groups in total. The quantitative estimate of drug-likeness (QED) is 0.204. The SMILES string of the molecule is CCCCCCCCCCCCCCCCNCc1cccc(OC)c1OCCC. The zero-order valence-electron chi connectivity index (χ0n) is 20.3.